The molecule has 2 heterocycles. The van der Waals surface area contributed by atoms with Crippen LogP contribution >= 0.6 is 0 Å². The van der Waals surface area contributed by atoms with Gasteiger partial charge in [0.25, 0.3) is 0 Å². The SMILES string of the molecule is Cc1cn2c(nc1Nc1ccccc1)nc1ccccc12. The van der Waals surface area contributed by atoms with Crippen LogP contribution in [0.1, 0.15) is 5.56 Å². The highest BCUT2D eigenvalue weighted by Gasteiger charge is 2.08. The first-order chi connectivity index (χ1) is 10.3. The van der Waals surface area contributed by atoms with Crippen molar-refractivity contribution < 1.29 is 0 Å². The van der Waals surface area contributed by atoms with Crippen LogP contribution in [0.5, 0.6) is 0 Å². The third-order valence-electron chi connectivity index (χ3n) is 3.52. The van der Waals surface area contributed by atoms with Gasteiger partial charge < -0.3 is 5.32 Å². The third-order valence-corrected chi connectivity index (χ3v) is 3.52. The standard InChI is InChI=1S/C17H14N4/c1-12-11-21-15-10-6-5-9-14(15)19-17(21)20-16(12)18-13-7-3-2-4-8-13/h2-11H,1H3,(H,18,19,20). The van der Waals surface area contributed by atoms with Crippen LogP contribution in [0.15, 0.2) is 60.8 Å². The molecule has 2 aromatic heterocycles. The second kappa shape index (κ2) is 4.59. The molecule has 0 aliphatic heterocycles. The molecule has 4 heteroatoms. The highest BCUT2D eigenvalue weighted by Crippen LogP contribution is 2.22. The lowest BCUT2D eigenvalue weighted by molar-refractivity contribution is 1.10. The molecule has 0 radical (unpaired) electrons. The molecule has 0 aliphatic carbocycles. The summed E-state index contributed by atoms with van der Waals surface area (Å²) in [5.41, 5.74) is 4.14. The van der Waals surface area contributed by atoms with Gasteiger partial charge in [0, 0.05) is 17.4 Å². The summed E-state index contributed by atoms with van der Waals surface area (Å²) in [4.78, 5) is 9.22. The van der Waals surface area contributed by atoms with Crippen LogP contribution in [-0.2, 0) is 0 Å². The van der Waals surface area contributed by atoms with Crippen LogP contribution in [0, 0.1) is 6.92 Å². The minimum atomic E-state index is 0.709. The van der Waals surface area contributed by atoms with E-state index >= 15 is 0 Å². The van der Waals surface area contributed by atoms with Gasteiger partial charge in [0.05, 0.1) is 11.0 Å². The Kier molecular flexibility index (Phi) is 2.60. The van der Waals surface area contributed by atoms with Gasteiger partial charge in [-0.3, -0.25) is 4.40 Å². The quantitative estimate of drug-likeness (QED) is 0.602. The summed E-state index contributed by atoms with van der Waals surface area (Å²) in [5.74, 6) is 1.55. The van der Waals surface area contributed by atoms with E-state index in [0.717, 1.165) is 28.1 Å². The lowest BCUT2D eigenvalue weighted by Gasteiger charge is -2.08. The number of aromatic nitrogens is 3. The van der Waals surface area contributed by atoms with Gasteiger partial charge in [-0.2, -0.15) is 4.98 Å². The van der Waals surface area contributed by atoms with Crippen molar-refractivity contribution in [2.45, 2.75) is 6.92 Å². The van der Waals surface area contributed by atoms with E-state index in [9.17, 15) is 0 Å². The van der Waals surface area contributed by atoms with E-state index in [2.05, 4.69) is 27.5 Å². The number of rotatable bonds is 2. The zero-order valence-corrected chi connectivity index (χ0v) is 11.6. The largest absolute Gasteiger partial charge is 0.340 e. The fraction of sp³-hybridized carbons (Fsp3) is 0.0588. The van der Waals surface area contributed by atoms with E-state index in [1.54, 1.807) is 0 Å². The Morgan fingerprint density at radius 2 is 1.67 bits per heavy atom. The average Bonchev–Trinajstić information content (AvgIpc) is 2.86. The van der Waals surface area contributed by atoms with Crippen LogP contribution in [0.25, 0.3) is 16.8 Å². The van der Waals surface area contributed by atoms with Crippen molar-refractivity contribution in [2.24, 2.45) is 0 Å². The normalized spacial score (nSPS) is 11.1. The molecule has 2 aromatic carbocycles. The molecule has 0 bridgehead atoms. The number of hydrogen-bond donors (Lipinski definition) is 1. The first kappa shape index (κ1) is 11.9. The van der Waals surface area contributed by atoms with E-state index in [4.69, 9.17) is 0 Å². The van der Waals surface area contributed by atoms with Gasteiger partial charge in [0.1, 0.15) is 5.82 Å². The monoisotopic (exact) mass is 274 g/mol. The molecular weight excluding hydrogens is 260 g/mol. The first-order valence-electron chi connectivity index (χ1n) is 6.88. The molecule has 0 unspecified atom stereocenters. The number of anilines is 2. The van der Waals surface area contributed by atoms with Crippen LogP contribution in [0.4, 0.5) is 11.5 Å². The number of benzene rings is 2. The molecule has 102 valence electrons. The number of hydrogen-bond acceptors (Lipinski definition) is 3. The van der Waals surface area contributed by atoms with Crippen LogP contribution in [-0.4, -0.2) is 14.4 Å². The van der Waals surface area contributed by atoms with Gasteiger partial charge in [0.15, 0.2) is 0 Å². The van der Waals surface area contributed by atoms with E-state index in [-0.39, 0.29) is 0 Å². The summed E-state index contributed by atoms with van der Waals surface area (Å²) < 4.78 is 2.03. The smallest absolute Gasteiger partial charge is 0.236 e. The van der Waals surface area contributed by atoms with E-state index in [1.165, 1.54) is 0 Å². The molecule has 4 aromatic rings. The van der Waals surface area contributed by atoms with Crippen LogP contribution in [0.2, 0.25) is 0 Å². The highest BCUT2D eigenvalue weighted by atomic mass is 15.1. The Morgan fingerprint density at radius 3 is 2.52 bits per heavy atom. The number of fused-ring (bicyclic) bond motifs is 3. The number of nitrogens with zero attached hydrogens (tertiary/aromatic N) is 3. The highest BCUT2D eigenvalue weighted by molar-refractivity contribution is 5.80. The fourth-order valence-corrected chi connectivity index (χ4v) is 2.47. The number of para-hydroxylation sites is 3. The number of aryl methyl sites for hydroxylation is 1. The summed E-state index contributed by atoms with van der Waals surface area (Å²) in [7, 11) is 0. The van der Waals surface area contributed by atoms with E-state index < -0.39 is 0 Å². The fourth-order valence-electron chi connectivity index (χ4n) is 2.47. The molecule has 0 amide bonds. The Morgan fingerprint density at radius 1 is 0.905 bits per heavy atom. The topological polar surface area (TPSA) is 42.2 Å². The molecular formula is C17H14N4. The van der Waals surface area contributed by atoms with Crippen LogP contribution in [0.3, 0.4) is 0 Å². The maximum atomic E-state index is 4.65. The zero-order valence-electron chi connectivity index (χ0n) is 11.6. The lowest BCUT2D eigenvalue weighted by atomic mass is 10.3. The summed E-state index contributed by atoms with van der Waals surface area (Å²) >= 11 is 0. The van der Waals surface area contributed by atoms with Crippen molar-refractivity contribution in [1.82, 2.24) is 14.4 Å². The van der Waals surface area contributed by atoms with Crippen molar-refractivity contribution in [2.75, 3.05) is 5.32 Å². The Hall–Kier alpha value is -2.88. The van der Waals surface area contributed by atoms with Crippen molar-refractivity contribution in [1.29, 1.82) is 0 Å². The number of nitrogens with one attached hydrogen (secondary N) is 1. The predicted molar refractivity (Wildman–Crippen MR) is 85.0 cm³/mol. The molecule has 21 heavy (non-hydrogen) atoms. The summed E-state index contributed by atoms with van der Waals surface area (Å²) in [5, 5.41) is 3.34. The molecule has 4 nitrogen and oxygen atoms in total. The molecule has 0 fully saturated rings. The Bertz CT molecular complexity index is 925. The molecule has 1 N–H and O–H groups in total. The van der Waals surface area contributed by atoms with Crippen LogP contribution < -0.4 is 5.32 Å². The van der Waals surface area contributed by atoms with E-state index in [0.29, 0.717) is 5.78 Å². The van der Waals surface area contributed by atoms with Crippen molar-refractivity contribution in [3.8, 4) is 0 Å². The van der Waals surface area contributed by atoms with Crippen molar-refractivity contribution in [3.05, 3.63) is 66.4 Å². The second-order valence-corrected chi connectivity index (χ2v) is 5.03. The molecule has 0 saturated heterocycles. The molecule has 0 spiro atoms. The minimum absolute atomic E-state index is 0.709. The predicted octanol–water partition coefficient (Wildman–Crippen LogP) is 3.93. The van der Waals surface area contributed by atoms with Crippen molar-refractivity contribution >= 4 is 28.3 Å². The van der Waals surface area contributed by atoms with Gasteiger partial charge >= 0.3 is 0 Å². The van der Waals surface area contributed by atoms with Gasteiger partial charge in [0.2, 0.25) is 5.78 Å². The Balaban J connectivity index is 1.87. The van der Waals surface area contributed by atoms with Gasteiger partial charge in [-0.05, 0) is 31.2 Å². The van der Waals surface area contributed by atoms with E-state index in [1.807, 2.05) is 59.9 Å². The lowest BCUT2D eigenvalue weighted by Crippen LogP contribution is -2.00. The average molecular weight is 274 g/mol. The van der Waals surface area contributed by atoms with Gasteiger partial charge in [-0.25, -0.2) is 4.98 Å². The van der Waals surface area contributed by atoms with Crippen molar-refractivity contribution in [3.63, 3.8) is 0 Å². The summed E-state index contributed by atoms with van der Waals surface area (Å²) in [6.45, 7) is 2.05. The molecule has 0 aliphatic rings. The van der Waals surface area contributed by atoms with Gasteiger partial charge in [-0.15, -0.1) is 0 Å². The van der Waals surface area contributed by atoms with Gasteiger partial charge in [-0.1, -0.05) is 30.3 Å². The third kappa shape index (κ3) is 2.01. The minimum Gasteiger partial charge on any atom is -0.340 e. The molecule has 0 saturated carbocycles. The molecule has 4 rings (SSSR count). The first-order valence-corrected chi connectivity index (χ1v) is 6.88. The zero-order chi connectivity index (χ0) is 14.2. The summed E-state index contributed by atoms with van der Waals surface area (Å²) in [6.07, 6.45) is 2.07. The molecule has 0 atom stereocenters. The Labute approximate surface area is 122 Å². The number of imidazole rings is 1. The maximum absolute atomic E-state index is 4.65. The second-order valence-electron chi connectivity index (χ2n) is 5.03. The summed E-state index contributed by atoms with van der Waals surface area (Å²) in [6, 6.07) is 18.1. The maximum Gasteiger partial charge on any atom is 0.236 e.